The average molecular weight is 638 g/mol. The van der Waals surface area contributed by atoms with Gasteiger partial charge in [-0.25, -0.2) is 0 Å². The number of hydrogen-bond donors (Lipinski definition) is 0. The molecule has 6 aromatic carbocycles. The molecule has 1 aliphatic carbocycles. The second-order valence-corrected chi connectivity index (χ2v) is 12.7. The lowest BCUT2D eigenvalue weighted by Crippen LogP contribution is -2.29. The second kappa shape index (κ2) is 11.5. The van der Waals surface area contributed by atoms with Crippen LogP contribution < -0.4 is 4.90 Å². The van der Waals surface area contributed by atoms with E-state index in [-0.39, 0.29) is 12.0 Å². The Labute approximate surface area is 289 Å². The lowest BCUT2D eigenvalue weighted by Gasteiger charge is -2.30. The molecule has 7 aromatic rings. The molecule has 1 aliphatic heterocycles. The molecule has 2 atom stereocenters. The van der Waals surface area contributed by atoms with Gasteiger partial charge in [0, 0.05) is 33.5 Å². The van der Waals surface area contributed by atoms with Crippen molar-refractivity contribution in [3.63, 3.8) is 0 Å². The monoisotopic (exact) mass is 637 g/mol. The van der Waals surface area contributed by atoms with Crippen molar-refractivity contribution in [3.8, 4) is 46.1 Å². The van der Waals surface area contributed by atoms with E-state index in [9.17, 15) is 15.8 Å². The summed E-state index contributed by atoms with van der Waals surface area (Å²) >= 11 is 0. The Morgan fingerprint density at radius 1 is 0.540 bits per heavy atom. The van der Waals surface area contributed by atoms with Crippen LogP contribution in [0.5, 0.6) is 0 Å². The maximum absolute atomic E-state index is 10.5. The zero-order valence-electron chi connectivity index (χ0n) is 26.8. The molecule has 0 spiro atoms. The summed E-state index contributed by atoms with van der Waals surface area (Å²) in [6.45, 7) is 0. The molecule has 232 valence electrons. The van der Waals surface area contributed by atoms with Crippen molar-refractivity contribution in [1.29, 1.82) is 15.8 Å². The highest BCUT2D eigenvalue weighted by Crippen LogP contribution is 2.49. The van der Waals surface area contributed by atoms with Gasteiger partial charge >= 0.3 is 0 Å². The van der Waals surface area contributed by atoms with Gasteiger partial charge in [0.05, 0.1) is 51.7 Å². The van der Waals surface area contributed by atoms with Crippen molar-refractivity contribution in [3.05, 3.63) is 174 Å². The Morgan fingerprint density at radius 3 is 2.16 bits per heavy atom. The predicted molar refractivity (Wildman–Crippen MR) is 199 cm³/mol. The molecule has 9 rings (SSSR count). The minimum atomic E-state index is -0.0860. The number of benzene rings is 6. The fraction of sp³-hybridized carbons (Fsp3) is 0.0444. The third-order valence-corrected chi connectivity index (χ3v) is 10.0. The van der Waals surface area contributed by atoms with E-state index in [4.69, 9.17) is 0 Å². The SMILES string of the molecule is N#CC1=CC2C(C=C1)c1ccccc1N2c1ccc(-c2cccc(-c3ccccc3-n3c4ccccc4c4cc(C#N)ccc43)c2)cc1C#N. The van der Waals surface area contributed by atoms with Crippen LogP contribution >= 0.6 is 0 Å². The molecule has 0 N–H and O–H groups in total. The number of nitriles is 3. The van der Waals surface area contributed by atoms with Crippen LogP contribution in [0, 0.1) is 34.0 Å². The summed E-state index contributed by atoms with van der Waals surface area (Å²) < 4.78 is 2.28. The van der Waals surface area contributed by atoms with Crippen LogP contribution in [-0.2, 0) is 0 Å². The van der Waals surface area contributed by atoms with E-state index in [2.05, 4.69) is 113 Å². The van der Waals surface area contributed by atoms with Crippen LogP contribution in [0.2, 0.25) is 0 Å². The summed E-state index contributed by atoms with van der Waals surface area (Å²) in [4.78, 5) is 2.21. The van der Waals surface area contributed by atoms with Gasteiger partial charge in [-0.1, -0.05) is 84.9 Å². The normalized spacial score (nSPS) is 15.9. The van der Waals surface area contributed by atoms with Crippen LogP contribution in [0.25, 0.3) is 49.7 Å². The zero-order valence-corrected chi connectivity index (χ0v) is 26.8. The van der Waals surface area contributed by atoms with Crippen LogP contribution in [0.15, 0.2) is 157 Å². The Morgan fingerprint density at radius 2 is 1.30 bits per heavy atom. The molecule has 2 heterocycles. The minimum absolute atomic E-state index is 0.0860. The van der Waals surface area contributed by atoms with Gasteiger partial charge in [-0.05, 0) is 89.0 Å². The number of nitrogens with zero attached hydrogens (tertiary/aromatic N) is 5. The molecular weight excluding hydrogens is 611 g/mol. The molecule has 1 aromatic heterocycles. The summed E-state index contributed by atoms with van der Waals surface area (Å²) in [7, 11) is 0. The number of fused-ring (bicyclic) bond motifs is 6. The van der Waals surface area contributed by atoms with Gasteiger partial charge in [-0.2, -0.15) is 15.8 Å². The highest BCUT2D eigenvalue weighted by Gasteiger charge is 2.39. The quantitative estimate of drug-likeness (QED) is 0.192. The van der Waals surface area contributed by atoms with Crippen LogP contribution in [-0.4, -0.2) is 10.6 Å². The molecule has 0 saturated heterocycles. The Bertz CT molecular complexity index is 2720. The highest BCUT2D eigenvalue weighted by atomic mass is 15.2. The van der Waals surface area contributed by atoms with Crippen molar-refractivity contribution in [2.75, 3.05) is 4.90 Å². The van der Waals surface area contributed by atoms with Crippen LogP contribution in [0.1, 0.15) is 22.6 Å². The summed E-state index contributed by atoms with van der Waals surface area (Å²) in [6, 6.07) is 52.5. The smallest absolute Gasteiger partial charge is 0.101 e. The maximum atomic E-state index is 10.5. The number of para-hydroxylation sites is 3. The van der Waals surface area contributed by atoms with E-state index < -0.39 is 0 Å². The summed E-state index contributed by atoms with van der Waals surface area (Å²) in [6.07, 6.45) is 6.02. The number of aromatic nitrogens is 1. The third kappa shape index (κ3) is 4.45. The van der Waals surface area contributed by atoms with Crippen LogP contribution in [0.3, 0.4) is 0 Å². The van der Waals surface area contributed by atoms with E-state index in [1.54, 1.807) is 0 Å². The van der Waals surface area contributed by atoms with Gasteiger partial charge in [0.15, 0.2) is 0 Å². The van der Waals surface area contributed by atoms with Crippen LogP contribution in [0.4, 0.5) is 11.4 Å². The third-order valence-electron chi connectivity index (χ3n) is 10.0. The fourth-order valence-electron chi connectivity index (χ4n) is 7.80. The Hall–Kier alpha value is -7.13. The summed E-state index contributed by atoms with van der Waals surface area (Å²) in [5.41, 5.74) is 12.2. The van der Waals surface area contributed by atoms with Crippen molar-refractivity contribution < 1.29 is 0 Å². The molecule has 0 saturated carbocycles. The van der Waals surface area contributed by atoms with Crippen molar-refractivity contribution >= 4 is 33.2 Å². The first-order chi connectivity index (χ1) is 24.7. The first-order valence-electron chi connectivity index (χ1n) is 16.5. The molecule has 0 bridgehead atoms. The number of anilines is 2. The van der Waals surface area contributed by atoms with Crippen molar-refractivity contribution in [2.24, 2.45) is 0 Å². The first-order valence-corrected chi connectivity index (χ1v) is 16.5. The summed E-state index contributed by atoms with van der Waals surface area (Å²) in [5, 5.41) is 31.9. The highest BCUT2D eigenvalue weighted by molar-refractivity contribution is 6.10. The Kier molecular flexibility index (Phi) is 6.70. The van der Waals surface area contributed by atoms with Crippen molar-refractivity contribution in [1.82, 2.24) is 4.57 Å². The van der Waals surface area contributed by atoms with Gasteiger partial charge in [0.1, 0.15) is 6.07 Å². The average Bonchev–Trinajstić information content (AvgIpc) is 3.69. The molecule has 5 nitrogen and oxygen atoms in total. The maximum Gasteiger partial charge on any atom is 0.101 e. The fourth-order valence-corrected chi connectivity index (χ4v) is 7.80. The minimum Gasteiger partial charge on any atom is -0.332 e. The topological polar surface area (TPSA) is 79.5 Å². The van der Waals surface area contributed by atoms with Gasteiger partial charge in [0.25, 0.3) is 0 Å². The molecule has 2 aliphatic rings. The van der Waals surface area contributed by atoms with Gasteiger partial charge < -0.3 is 9.47 Å². The number of hydrogen-bond acceptors (Lipinski definition) is 4. The van der Waals surface area contributed by atoms with E-state index in [1.807, 2.05) is 66.7 Å². The Balaban J connectivity index is 1.15. The predicted octanol–water partition coefficient (Wildman–Crippen LogP) is 10.5. The van der Waals surface area contributed by atoms with E-state index in [0.717, 1.165) is 61.1 Å². The second-order valence-electron chi connectivity index (χ2n) is 12.7. The molecule has 50 heavy (non-hydrogen) atoms. The molecule has 0 amide bonds. The van der Waals surface area contributed by atoms with Crippen molar-refractivity contribution in [2.45, 2.75) is 12.0 Å². The lowest BCUT2D eigenvalue weighted by molar-refractivity contribution is 0.740. The van der Waals surface area contributed by atoms with Gasteiger partial charge in [-0.3, -0.25) is 0 Å². The molecular formula is C45H27N5. The van der Waals surface area contributed by atoms with E-state index >= 15 is 0 Å². The molecule has 0 radical (unpaired) electrons. The molecule has 5 heteroatoms. The van der Waals surface area contributed by atoms with Gasteiger partial charge in [0.2, 0.25) is 0 Å². The summed E-state index contributed by atoms with van der Waals surface area (Å²) in [5.74, 6) is 0.106. The van der Waals surface area contributed by atoms with Gasteiger partial charge in [-0.15, -0.1) is 0 Å². The zero-order chi connectivity index (χ0) is 33.8. The molecule has 0 fully saturated rings. The first kappa shape index (κ1) is 29.0. The number of allylic oxidation sites excluding steroid dienone is 2. The molecule has 2 unspecified atom stereocenters. The standard InChI is InChI=1S/C45H27N5/c46-26-29-17-20-44-39(22-29)37-12-3-6-15-43(37)50(44)41-13-4-1-10-35(41)33-9-7-8-31(24-33)32-18-21-40(34(25-32)28-48)49-42-14-5-2-11-36(42)38-19-16-30(27-47)23-45(38)49/h1-25,38,45H. The largest absolute Gasteiger partial charge is 0.332 e. The lowest BCUT2D eigenvalue weighted by atomic mass is 9.89. The number of rotatable bonds is 4. The van der Waals surface area contributed by atoms with E-state index in [1.165, 1.54) is 5.56 Å². The van der Waals surface area contributed by atoms with E-state index in [0.29, 0.717) is 16.7 Å².